The number of nitrogens with zero attached hydrogens (tertiary/aromatic N) is 2. The van der Waals surface area contributed by atoms with Gasteiger partial charge in [-0.3, -0.25) is 0 Å². The third kappa shape index (κ3) is 4.52. The molecule has 0 spiro atoms. The fourth-order valence-corrected chi connectivity index (χ4v) is 2.44. The van der Waals surface area contributed by atoms with Gasteiger partial charge in [0, 0.05) is 5.02 Å². The summed E-state index contributed by atoms with van der Waals surface area (Å²) in [6.07, 6.45) is 0. The highest BCUT2D eigenvalue weighted by Crippen LogP contribution is 2.17. The molecule has 23 heavy (non-hydrogen) atoms. The molecule has 0 aliphatic rings. The van der Waals surface area contributed by atoms with Gasteiger partial charge in [0.15, 0.2) is 0 Å². The summed E-state index contributed by atoms with van der Waals surface area (Å²) in [5.41, 5.74) is 7.82. The van der Waals surface area contributed by atoms with Crippen molar-refractivity contribution in [1.82, 2.24) is 9.55 Å². The molecule has 0 atom stereocenters. The fourth-order valence-electron chi connectivity index (χ4n) is 2.32. The van der Waals surface area contributed by atoms with Crippen LogP contribution in [0.4, 0.5) is 0 Å². The molecule has 0 bridgehead atoms. The van der Waals surface area contributed by atoms with E-state index < -0.39 is 0 Å². The Hall–Kier alpha value is -1.46. The highest BCUT2D eigenvalue weighted by molar-refractivity contribution is 6.30. The Morgan fingerprint density at radius 1 is 1.04 bits per heavy atom. The van der Waals surface area contributed by atoms with Gasteiger partial charge in [0.1, 0.15) is 18.2 Å². The van der Waals surface area contributed by atoms with E-state index in [0.717, 1.165) is 22.6 Å². The van der Waals surface area contributed by atoms with Crippen molar-refractivity contribution in [3.8, 4) is 5.75 Å². The SMILES string of the molecule is Cl.Cl.NCc1nc2ccccc2n1CCOc1ccc(Cl)cc1. The Balaban J connectivity index is 0.00000132. The minimum Gasteiger partial charge on any atom is -0.492 e. The van der Waals surface area contributed by atoms with Crippen LogP contribution in [0.3, 0.4) is 0 Å². The molecule has 0 aliphatic carbocycles. The smallest absolute Gasteiger partial charge is 0.123 e. The number of rotatable bonds is 5. The lowest BCUT2D eigenvalue weighted by molar-refractivity contribution is 0.298. The molecule has 0 fully saturated rings. The molecule has 0 radical (unpaired) electrons. The van der Waals surface area contributed by atoms with E-state index in [0.29, 0.717) is 24.7 Å². The van der Waals surface area contributed by atoms with Gasteiger partial charge in [0.05, 0.1) is 24.1 Å². The summed E-state index contributed by atoms with van der Waals surface area (Å²) in [5.74, 6) is 1.68. The third-order valence-corrected chi connectivity index (χ3v) is 3.57. The third-order valence-electron chi connectivity index (χ3n) is 3.31. The largest absolute Gasteiger partial charge is 0.492 e. The van der Waals surface area contributed by atoms with E-state index in [-0.39, 0.29) is 24.8 Å². The minimum absolute atomic E-state index is 0. The molecule has 2 aromatic carbocycles. The molecule has 7 heteroatoms. The number of nitrogens with two attached hydrogens (primary N) is 1. The number of hydrogen-bond acceptors (Lipinski definition) is 3. The van der Waals surface area contributed by atoms with Crippen molar-refractivity contribution in [2.75, 3.05) is 6.61 Å². The lowest BCUT2D eigenvalue weighted by atomic mass is 10.3. The Morgan fingerprint density at radius 3 is 2.43 bits per heavy atom. The van der Waals surface area contributed by atoms with Crippen LogP contribution in [0.15, 0.2) is 48.5 Å². The van der Waals surface area contributed by atoms with Crippen molar-refractivity contribution in [1.29, 1.82) is 0 Å². The number of halogens is 3. The molecule has 0 unspecified atom stereocenters. The average Bonchev–Trinajstić information content (AvgIpc) is 2.87. The molecule has 4 nitrogen and oxygen atoms in total. The van der Waals surface area contributed by atoms with Gasteiger partial charge in [0.2, 0.25) is 0 Å². The van der Waals surface area contributed by atoms with E-state index in [4.69, 9.17) is 22.1 Å². The maximum absolute atomic E-state index is 5.85. The molecule has 0 saturated carbocycles. The van der Waals surface area contributed by atoms with Gasteiger partial charge >= 0.3 is 0 Å². The first kappa shape index (κ1) is 19.6. The van der Waals surface area contributed by atoms with Gasteiger partial charge < -0.3 is 15.0 Å². The van der Waals surface area contributed by atoms with Crippen molar-refractivity contribution < 1.29 is 4.74 Å². The van der Waals surface area contributed by atoms with E-state index in [2.05, 4.69) is 9.55 Å². The lowest BCUT2D eigenvalue weighted by Gasteiger charge is -2.10. The van der Waals surface area contributed by atoms with Crippen LogP contribution in [-0.2, 0) is 13.1 Å². The summed E-state index contributed by atoms with van der Waals surface area (Å²) < 4.78 is 7.84. The van der Waals surface area contributed by atoms with Gasteiger partial charge in [0.25, 0.3) is 0 Å². The first-order valence-corrected chi connectivity index (χ1v) is 7.18. The standard InChI is InChI=1S/C16H16ClN3O.2ClH/c17-12-5-7-13(8-6-12)21-10-9-20-15-4-2-1-3-14(15)19-16(20)11-18;;/h1-8H,9-11,18H2;2*1H. The molecule has 3 rings (SSSR count). The van der Waals surface area contributed by atoms with Crippen molar-refractivity contribution in [3.63, 3.8) is 0 Å². The quantitative estimate of drug-likeness (QED) is 0.732. The first-order valence-electron chi connectivity index (χ1n) is 6.80. The molecule has 1 heterocycles. The normalized spacial score (nSPS) is 10.0. The molecular formula is C16H18Cl3N3O. The molecule has 2 N–H and O–H groups in total. The maximum atomic E-state index is 5.85. The maximum Gasteiger partial charge on any atom is 0.123 e. The summed E-state index contributed by atoms with van der Waals surface area (Å²) in [6, 6.07) is 15.4. The van der Waals surface area contributed by atoms with E-state index in [1.54, 1.807) is 0 Å². The van der Waals surface area contributed by atoms with Crippen LogP contribution >= 0.6 is 36.4 Å². The highest BCUT2D eigenvalue weighted by atomic mass is 35.5. The van der Waals surface area contributed by atoms with Crippen molar-refractivity contribution in [3.05, 3.63) is 59.4 Å². The van der Waals surface area contributed by atoms with Crippen molar-refractivity contribution in [2.45, 2.75) is 13.1 Å². The molecular weight excluding hydrogens is 357 g/mol. The van der Waals surface area contributed by atoms with Crippen LogP contribution in [0.2, 0.25) is 5.02 Å². The number of imidazole rings is 1. The number of para-hydroxylation sites is 2. The Morgan fingerprint density at radius 2 is 1.74 bits per heavy atom. The van der Waals surface area contributed by atoms with Gasteiger partial charge in [-0.1, -0.05) is 23.7 Å². The topological polar surface area (TPSA) is 53.1 Å². The van der Waals surface area contributed by atoms with Gasteiger partial charge in [-0.05, 0) is 36.4 Å². The number of hydrogen-bond donors (Lipinski definition) is 1. The predicted octanol–water partition coefficient (Wildman–Crippen LogP) is 4.07. The van der Waals surface area contributed by atoms with E-state index >= 15 is 0 Å². The first-order chi connectivity index (χ1) is 10.3. The lowest BCUT2D eigenvalue weighted by Crippen LogP contribution is -2.13. The van der Waals surface area contributed by atoms with Crippen LogP contribution in [-0.4, -0.2) is 16.2 Å². The van der Waals surface area contributed by atoms with E-state index in [1.165, 1.54) is 0 Å². The predicted molar refractivity (Wildman–Crippen MR) is 99.1 cm³/mol. The average molecular weight is 375 g/mol. The van der Waals surface area contributed by atoms with Crippen molar-refractivity contribution >= 4 is 47.4 Å². The second-order valence-electron chi connectivity index (χ2n) is 4.67. The Kier molecular flexibility index (Phi) is 7.65. The summed E-state index contributed by atoms with van der Waals surface area (Å²) >= 11 is 5.85. The zero-order chi connectivity index (χ0) is 14.7. The number of fused-ring (bicyclic) bond motifs is 1. The van der Waals surface area contributed by atoms with Gasteiger partial charge in [-0.15, -0.1) is 24.8 Å². The fraction of sp³-hybridized carbons (Fsp3) is 0.188. The van der Waals surface area contributed by atoms with Crippen LogP contribution in [0.5, 0.6) is 5.75 Å². The summed E-state index contributed by atoms with van der Waals surface area (Å²) in [6.45, 7) is 1.67. The zero-order valence-electron chi connectivity index (χ0n) is 12.3. The summed E-state index contributed by atoms with van der Waals surface area (Å²) in [5, 5.41) is 0.702. The summed E-state index contributed by atoms with van der Waals surface area (Å²) in [7, 11) is 0. The van der Waals surface area contributed by atoms with Crippen LogP contribution in [0.1, 0.15) is 5.82 Å². The summed E-state index contributed by atoms with van der Waals surface area (Å²) in [4.78, 5) is 4.53. The monoisotopic (exact) mass is 373 g/mol. The molecule has 0 saturated heterocycles. The van der Waals surface area contributed by atoms with E-state index in [9.17, 15) is 0 Å². The molecule has 0 aliphatic heterocycles. The van der Waals surface area contributed by atoms with Crippen LogP contribution < -0.4 is 10.5 Å². The minimum atomic E-state index is 0. The molecule has 0 amide bonds. The van der Waals surface area contributed by atoms with Crippen LogP contribution in [0.25, 0.3) is 11.0 Å². The van der Waals surface area contributed by atoms with Gasteiger partial charge in [-0.25, -0.2) is 4.98 Å². The van der Waals surface area contributed by atoms with Crippen LogP contribution in [0, 0.1) is 0 Å². The number of benzene rings is 2. The highest BCUT2D eigenvalue weighted by Gasteiger charge is 2.08. The molecule has 124 valence electrons. The van der Waals surface area contributed by atoms with Gasteiger partial charge in [-0.2, -0.15) is 0 Å². The van der Waals surface area contributed by atoms with Crippen molar-refractivity contribution in [2.24, 2.45) is 5.73 Å². The molecule has 1 aromatic heterocycles. The second-order valence-corrected chi connectivity index (χ2v) is 5.11. The zero-order valence-corrected chi connectivity index (χ0v) is 14.7. The van der Waals surface area contributed by atoms with E-state index in [1.807, 2.05) is 48.5 Å². The second kappa shape index (κ2) is 8.99. The number of aromatic nitrogens is 2. The number of ether oxygens (including phenoxy) is 1. The Bertz CT molecular complexity index is 744. The Labute approximate surface area is 152 Å². The molecule has 3 aromatic rings.